The zero-order valence-electron chi connectivity index (χ0n) is 11.4. The maximum atomic E-state index is 13.8. The molecule has 1 aliphatic heterocycles. The van der Waals surface area contributed by atoms with E-state index in [2.05, 4.69) is 16.8 Å². The summed E-state index contributed by atoms with van der Waals surface area (Å²) in [7, 11) is 3.97. The predicted octanol–water partition coefficient (Wildman–Crippen LogP) is 0.825. The van der Waals surface area contributed by atoms with Gasteiger partial charge in [-0.1, -0.05) is 6.92 Å². The minimum atomic E-state index is -0.728. The number of likely N-dealkylation sites (tertiary alicyclic amines) is 1. The van der Waals surface area contributed by atoms with E-state index in [1.165, 1.54) is 12.3 Å². The van der Waals surface area contributed by atoms with Gasteiger partial charge in [-0.05, 0) is 26.1 Å². The van der Waals surface area contributed by atoms with Crippen LogP contribution in [0.4, 0.5) is 10.2 Å². The first kappa shape index (κ1) is 13.7. The molecule has 1 aliphatic rings. The number of carbonyl (C=O) groups excluding carboxylic acids is 1. The Morgan fingerprint density at radius 1 is 1.53 bits per heavy atom. The van der Waals surface area contributed by atoms with E-state index in [1.807, 2.05) is 14.1 Å². The Morgan fingerprint density at radius 2 is 2.21 bits per heavy atom. The third-order valence-electron chi connectivity index (χ3n) is 3.67. The molecule has 1 aromatic heterocycles. The standard InChI is InChI=1S/C13H19FN4O/c1-8-6-18(7-10(8)17(2)3)13(19)9-4-5-16-12(15)11(9)14/h4-5,8,10H,6-7H2,1-3H3,(H2,15,16). The van der Waals surface area contributed by atoms with Crippen LogP contribution in [0, 0.1) is 11.7 Å². The van der Waals surface area contributed by atoms with E-state index in [9.17, 15) is 9.18 Å². The number of hydrogen-bond donors (Lipinski definition) is 1. The molecule has 2 unspecified atom stereocenters. The van der Waals surface area contributed by atoms with Gasteiger partial charge in [-0.25, -0.2) is 9.37 Å². The Hall–Kier alpha value is -1.69. The van der Waals surface area contributed by atoms with Gasteiger partial charge in [-0.3, -0.25) is 4.79 Å². The summed E-state index contributed by atoms with van der Waals surface area (Å²) in [6.07, 6.45) is 1.36. The molecular weight excluding hydrogens is 247 g/mol. The van der Waals surface area contributed by atoms with Gasteiger partial charge in [0.1, 0.15) is 0 Å². The molecule has 1 fully saturated rings. The number of likely N-dealkylation sites (N-methyl/N-ethyl adjacent to an activating group) is 1. The Kier molecular flexibility index (Phi) is 3.71. The molecule has 2 rings (SSSR count). The molecule has 1 aromatic rings. The molecule has 2 atom stereocenters. The fourth-order valence-corrected chi connectivity index (χ4v) is 2.58. The third kappa shape index (κ3) is 2.53. The van der Waals surface area contributed by atoms with Crippen molar-refractivity contribution in [3.63, 3.8) is 0 Å². The van der Waals surface area contributed by atoms with E-state index in [0.29, 0.717) is 25.0 Å². The van der Waals surface area contributed by atoms with Crippen molar-refractivity contribution in [2.75, 3.05) is 32.9 Å². The van der Waals surface area contributed by atoms with Crippen LogP contribution in [0.25, 0.3) is 0 Å². The van der Waals surface area contributed by atoms with E-state index in [4.69, 9.17) is 5.73 Å². The summed E-state index contributed by atoms with van der Waals surface area (Å²) >= 11 is 0. The summed E-state index contributed by atoms with van der Waals surface area (Å²) in [4.78, 5) is 19.7. The summed E-state index contributed by atoms with van der Waals surface area (Å²) in [5.74, 6) is -0.917. The van der Waals surface area contributed by atoms with Crippen LogP contribution in [-0.4, -0.2) is 53.9 Å². The second kappa shape index (κ2) is 5.13. The average Bonchev–Trinajstić information content (AvgIpc) is 2.74. The summed E-state index contributed by atoms with van der Waals surface area (Å²) < 4.78 is 13.8. The highest BCUT2D eigenvalue weighted by Crippen LogP contribution is 2.23. The van der Waals surface area contributed by atoms with Crippen LogP contribution in [0.5, 0.6) is 0 Å². The van der Waals surface area contributed by atoms with Crippen molar-refractivity contribution in [2.45, 2.75) is 13.0 Å². The molecule has 1 amide bonds. The Balaban J connectivity index is 2.20. The molecule has 2 heterocycles. The lowest BCUT2D eigenvalue weighted by Gasteiger charge is -2.22. The lowest BCUT2D eigenvalue weighted by molar-refractivity contribution is 0.0776. The summed E-state index contributed by atoms with van der Waals surface area (Å²) in [6, 6.07) is 1.67. The minimum Gasteiger partial charge on any atom is -0.381 e. The molecule has 0 bridgehead atoms. The number of hydrogen-bond acceptors (Lipinski definition) is 4. The molecule has 104 valence electrons. The van der Waals surface area contributed by atoms with E-state index in [1.54, 1.807) is 4.90 Å². The first-order chi connectivity index (χ1) is 8.91. The number of carbonyl (C=O) groups is 1. The zero-order chi connectivity index (χ0) is 14.2. The summed E-state index contributed by atoms with van der Waals surface area (Å²) in [5.41, 5.74) is 5.39. The molecule has 6 heteroatoms. The molecular formula is C13H19FN4O. The van der Waals surface area contributed by atoms with Crippen molar-refractivity contribution in [1.29, 1.82) is 0 Å². The lowest BCUT2D eigenvalue weighted by atomic mass is 10.1. The summed E-state index contributed by atoms with van der Waals surface area (Å²) in [5, 5.41) is 0. The van der Waals surface area contributed by atoms with Gasteiger partial charge in [0.2, 0.25) is 0 Å². The lowest BCUT2D eigenvalue weighted by Crippen LogP contribution is -2.36. The number of nitrogens with two attached hydrogens (primary N) is 1. The number of pyridine rings is 1. The number of anilines is 1. The molecule has 0 aliphatic carbocycles. The van der Waals surface area contributed by atoms with Gasteiger partial charge in [0.25, 0.3) is 5.91 Å². The topological polar surface area (TPSA) is 62.5 Å². The number of nitrogen functional groups attached to an aromatic ring is 1. The van der Waals surface area contributed by atoms with Gasteiger partial charge < -0.3 is 15.5 Å². The van der Waals surface area contributed by atoms with E-state index in [-0.39, 0.29) is 17.3 Å². The molecule has 2 N–H and O–H groups in total. The smallest absolute Gasteiger partial charge is 0.257 e. The average molecular weight is 266 g/mol. The van der Waals surface area contributed by atoms with Crippen molar-refractivity contribution >= 4 is 11.7 Å². The fraction of sp³-hybridized carbons (Fsp3) is 0.538. The Bertz CT molecular complexity index is 492. The number of rotatable bonds is 2. The van der Waals surface area contributed by atoms with Gasteiger partial charge in [-0.15, -0.1) is 0 Å². The Labute approximate surface area is 112 Å². The molecule has 0 aromatic carbocycles. The zero-order valence-corrected chi connectivity index (χ0v) is 11.4. The van der Waals surface area contributed by atoms with Gasteiger partial charge in [-0.2, -0.15) is 0 Å². The van der Waals surface area contributed by atoms with E-state index >= 15 is 0 Å². The van der Waals surface area contributed by atoms with Crippen molar-refractivity contribution < 1.29 is 9.18 Å². The van der Waals surface area contributed by atoms with Crippen LogP contribution in [0.1, 0.15) is 17.3 Å². The molecule has 0 spiro atoms. The molecule has 19 heavy (non-hydrogen) atoms. The maximum Gasteiger partial charge on any atom is 0.257 e. The SMILES string of the molecule is CC1CN(C(=O)c2ccnc(N)c2F)CC1N(C)C. The van der Waals surface area contributed by atoms with Crippen LogP contribution < -0.4 is 5.73 Å². The maximum absolute atomic E-state index is 13.8. The van der Waals surface area contributed by atoms with Crippen LogP contribution >= 0.6 is 0 Å². The molecule has 1 saturated heterocycles. The number of nitrogens with zero attached hydrogens (tertiary/aromatic N) is 3. The molecule has 5 nitrogen and oxygen atoms in total. The van der Waals surface area contributed by atoms with Crippen LogP contribution in [0.3, 0.4) is 0 Å². The van der Waals surface area contributed by atoms with Crippen molar-refractivity contribution in [2.24, 2.45) is 5.92 Å². The summed E-state index contributed by atoms with van der Waals surface area (Å²) in [6.45, 7) is 3.33. The van der Waals surface area contributed by atoms with E-state index in [0.717, 1.165) is 0 Å². The first-order valence-corrected chi connectivity index (χ1v) is 6.27. The number of aromatic nitrogens is 1. The van der Waals surface area contributed by atoms with Crippen LogP contribution in [0.2, 0.25) is 0 Å². The van der Waals surface area contributed by atoms with Gasteiger partial charge in [0.05, 0.1) is 5.56 Å². The third-order valence-corrected chi connectivity index (χ3v) is 3.67. The highest BCUT2D eigenvalue weighted by molar-refractivity contribution is 5.95. The second-order valence-electron chi connectivity index (χ2n) is 5.28. The molecule has 0 radical (unpaired) electrons. The quantitative estimate of drug-likeness (QED) is 0.861. The van der Waals surface area contributed by atoms with E-state index < -0.39 is 5.82 Å². The second-order valence-corrected chi connectivity index (χ2v) is 5.28. The van der Waals surface area contributed by atoms with Crippen molar-refractivity contribution in [3.05, 3.63) is 23.6 Å². The minimum absolute atomic E-state index is 0.000828. The normalized spacial score (nSPS) is 23.1. The van der Waals surface area contributed by atoms with Gasteiger partial charge in [0.15, 0.2) is 11.6 Å². The van der Waals surface area contributed by atoms with Gasteiger partial charge >= 0.3 is 0 Å². The number of halogens is 1. The van der Waals surface area contributed by atoms with Gasteiger partial charge in [0, 0.05) is 25.3 Å². The predicted molar refractivity (Wildman–Crippen MR) is 71.1 cm³/mol. The molecule has 0 saturated carbocycles. The monoisotopic (exact) mass is 266 g/mol. The number of amides is 1. The van der Waals surface area contributed by atoms with Crippen molar-refractivity contribution in [3.8, 4) is 0 Å². The highest BCUT2D eigenvalue weighted by Gasteiger charge is 2.34. The van der Waals surface area contributed by atoms with Crippen LogP contribution in [-0.2, 0) is 0 Å². The first-order valence-electron chi connectivity index (χ1n) is 6.27. The largest absolute Gasteiger partial charge is 0.381 e. The van der Waals surface area contributed by atoms with Crippen molar-refractivity contribution in [1.82, 2.24) is 14.8 Å². The van der Waals surface area contributed by atoms with Crippen LogP contribution in [0.15, 0.2) is 12.3 Å². The fourth-order valence-electron chi connectivity index (χ4n) is 2.58. The Morgan fingerprint density at radius 3 is 2.79 bits per heavy atom. The highest BCUT2D eigenvalue weighted by atomic mass is 19.1.